The van der Waals surface area contributed by atoms with Crippen LogP contribution in [0.25, 0.3) is 5.69 Å². The Hall–Kier alpha value is -2.35. The minimum atomic E-state index is 0.406. The molecule has 0 saturated carbocycles. The second-order valence-electron chi connectivity index (χ2n) is 5.56. The van der Waals surface area contributed by atoms with Crippen molar-refractivity contribution in [2.24, 2.45) is 0 Å². The second-order valence-corrected chi connectivity index (χ2v) is 5.56. The Bertz CT molecular complexity index is 640. The molecule has 0 unspecified atom stereocenters. The van der Waals surface area contributed by atoms with Crippen molar-refractivity contribution < 1.29 is 4.74 Å². The van der Waals surface area contributed by atoms with Gasteiger partial charge in [0.25, 0.3) is 0 Å². The molecule has 0 saturated heterocycles. The third kappa shape index (κ3) is 4.56. The summed E-state index contributed by atoms with van der Waals surface area (Å²) in [6.07, 6.45) is 6.52. The van der Waals surface area contributed by atoms with E-state index in [0.29, 0.717) is 5.69 Å². The second kappa shape index (κ2) is 8.94. The molecule has 1 heterocycles. The SMILES string of the molecule is CCCCCCOc1ccc(-n2nnc(C#N)c2CCC)cc1. The van der Waals surface area contributed by atoms with E-state index in [1.165, 1.54) is 19.3 Å². The van der Waals surface area contributed by atoms with Crippen molar-refractivity contribution in [1.29, 1.82) is 5.26 Å². The van der Waals surface area contributed by atoms with E-state index in [1.807, 2.05) is 24.3 Å². The Kier molecular flexibility index (Phi) is 6.61. The van der Waals surface area contributed by atoms with Crippen LogP contribution >= 0.6 is 0 Å². The fraction of sp³-hybridized carbons (Fsp3) is 0.500. The van der Waals surface area contributed by atoms with Gasteiger partial charge < -0.3 is 4.74 Å². The summed E-state index contributed by atoms with van der Waals surface area (Å²) in [5.74, 6) is 0.864. The topological polar surface area (TPSA) is 63.7 Å². The zero-order valence-electron chi connectivity index (χ0n) is 14.0. The van der Waals surface area contributed by atoms with Gasteiger partial charge in [0, 0.05) is 0 Å². The predicted molar refractivity (Wildman–Crippen MR) is 89.7 cm³/mol. The molecule has 0 amide bonds. The fourth-order valence-electron chi connectivity index (χ4n) is 2.46. The Balaban J connectivity index is 2.02. The van der Waals surface area contributed by atoms with Crippen LogP contribution in [-0.2, 0) is 6.42 Å². The van der Waals surface area contributed by atoms with Gasteiger partial charge in [-0.05, 0) is 37.1 Å². The highest BCUT2D eigenvalue weighted by Crippen LogP contribution is 2.18. The maximum atomic E-state index is 9.12. The lowest BCUT2D eigenvalue weighted by Gasteiger charge is -2.08. The molecule has 0 fully saturated rings. The minimum absolute atomic E-state index is 0.406. The zero-order valence-corrected chi connectivity index (χ0v) is 14.0. The van der Waals surface area contributed by atoms with Gasteiger partial charge in [0.2, 0.25) is 0 Å². The monoisotopic (exact) mass is 312 g/mol. The van der Waals surface area contributed by atoms with Gasteiger partial charge in [0.05, 0.1) is 18.0 Å². The first-order chi connectivity index (χ1) is 11.3. The van der Waals surface area contributed by atoms with E-state index in [9.17, 15) is 0 Å². The number of nitriles is 1. The predicted octanol–water partition coefficient (Wildman–Crippen LogP) is 4.05. The first kappa shape index (κ1) is 17.0. The van der Waals surface area contributed by atoms with Gasteiger partial charge in [-0.15, -0.1) is 5.10 Å². The van der Waals surface area contributed by atoms with Crippen LogP contribution in [0.4, 0.5) is 0 Å². The van der Waals surface area contributed by atoms with Gasteiger partial charge in [-0.1, -0.05) is 44.7 Å². The van der Waals surface area contributed by atoms with Gasteiger partial charge in [-0.2, -0.15) is 5.26 Å². The summed E-state index contributed by atoms with van der Waals surface area (Å²) in [6.45, 7) is 5.03. The molecule has 2 aromatic rings. The van der Waals surface area contributed by atoms with Gasteiger partial charge in [0.1, 0.15) is 11.8 Å². The van der Waals surface area contributed by atoms with Crippen LogP contribution in [0.1, 0.15) is 57.3 Å². The lowest BCUT2D eigenvalue weighted by molar-refractivity contribution is 0.305. The molecule has 23 heavy (non-hydrogen) atoms. The van der Waals surface area contributed by atoms with Crippen molar-refractivity contribution >= 4 is 0 Å². The number of hydrogen-bond acceptors (Lipinski definition) is 4. The van der Waals surface area contributed by atoms with Crippen molar-refractivity contribution in [1.82, 2.24) is 15.0 Å². The highest BCUT2D eigenvalue weighted by molar-refractivity contribution is 5.40. The van der Waals surface area contributed by atoms with Crippen molar-refractivity contribution in [2.75, 3.05) is 6.61 Å². The molecule has 0 aliphatic heterocycles. The van der Waals surface area contributed by atoms with Crippen molar-refractivity contribution in [2.45, 2.75) is 52.4 Å². The summed E-state index contributed by atoms with van der Waals surface area (Å²) in [5, 5.41) is 17.2. The molecule has 122 valence electrons. The molecule has 1 aromatic heterocycles. The van der Waals surface area contributed by atoms with Gasteiger partial charge in [-0.3, -0.25) is 0 Å². The van der Waals surface area contributed by atoms with Crippen LogP contribution in [0.3, 0.4) is 0 Å². The molecule has 1 aromatic carbocycles. The van der Waals surface area contributed by atoms with Crippen molar-refractivity contribution in [3.63, 3.8) is 0 Å². The fourth-order valence-corrected chi connectivity index (χ4v) is 2.46. The number of hydrogen-bond donors (Lipinski definition) is 0. The average Bonchev–Trinajstić information content (AvgIpc) is 2.98. The van der Waals surface area contributed by atoms with Crippen molar-refractivity contribution in [3.8, 4) is 17.5 Å². The summed E-state index contributed by atoms with van der Waals surface area (Å²) < 4.78 is 7.49. The summed E-state index contributed by atoms with van der Waals surface area (Å²) in [4.78, 5) is 0. The largest absolute Gasteiger partial charge is 0.494 e. The van der Waals surface area contributed by atoms with Gasteiger partial charge in [0.15, 0.2) is 5.69 Å². The molecular weight excluding hydrogens is 288 g/mol. The highest BCUT2D eigenvalue weighted by Gasteiger charge is 2.13. The first-order valence-corrected chi connectivity index (χ1v) is 8.38. The summed E-state index contributed by atoms with van der Waals surface area (Å²) >= 11 is 0. The molecule has 0 aliphatic carbocycles. The molecule has 0 N–H and O–H groups in total. The summed E-state index contributed by atoms with van der Waals surface area (Å²) in [7, 11) is 0. The zero-order chi connectivity index (χ0) is 16.5. The van der Waals surface area contributed by atoms with Gasteiger partial charge >= 0.3 is 0 Å². The van der Waals surface area contributed by atoms with Crippen LogP contribution in [0.15, 0.2) is 24.3 Å². The number of rotatable bonds is 9. The lowest BCUT2D eigenvalue weighted by atomic mass is 10.2. The standard InChI is InChI=1S/C18H24N4O/c1-3-5-6-7-13-23-16-11-9-15(10-12-16)22-18(8-4-2)17(14-19)20-21-22/h9-12H,3-8,13H2,1-2H3. The molecule has 5 nitrogen and oxygen atoms in total. The van der Waals surface area contributed by atoms with Crippen LogP contribution in [0.5, 0.6) is 5.75 Å². The molecule has 0 aliphatic rings. The number of aromatic nitrogens is 3. The third-order valence-electron chi connectivity index (χ3n) is 3.70. The van der Waals surface area contributed by atoms with E-state index >= 15 is 0 Å². The van der Waals surface area contributed by atoms with E-state index in [1.54, 1.807) is 4.68 Å². The Morgan fingerprint density at radius 2 is 1.87 bits per heavy atom. The lowest BCUT2D eigenvalue weighted by Crippen LogP contribution is -2.03. The molecule has 5 heteroatoms. The highest BCUT2D eigenvalue weighted by atomic mass is 16.5. The number of nitrogens with zero attached hydrogens (tertiary/aromatic N) is 4. The Morgan fingerprint density at radius 3 is 2.52 bits per heavy atom. The molecule has 0 spiro atoms. The van der Waals surface area contributed by atoms with E-state index in [-0.39, 0.29) is 0 Å². The molecule has 0 radical (unpaired) electrons. The van der Waals surface area contributed by atoms with Crippen LogP contribution in [-0.4, -0.2) is 21.6 Å². The van der Waals surface area contributed by atoms with Crippen molar-refractivity contribution in [3.05, 3.63) is 35.7 Å². The van der Waals surface area contributed by atoms with Crippen LogP contribution in [0, 0.1) is 11.3 Å². The molecule has 0 atom stereocenters. The minimum Gasteiger partial charge on any atom is -0.494 e. The molecule has 2 rings (SSSR count). The quantitative estimate of drug-likeness (QED) is 0.655. The van der Waals surface area contributed by atoms with Crippen LogP contribution < -0.4 is 4.74 Å². The van der Waals surface area contributed by atoms with Gasteiger partial charge in [-0.25, -0.2) is 4.68 Å². The van der Waals surface area contributed by atoms with Crippen LogP contribution in [0.2, 0.25) is 0 Å². The normalized spacial score (nSPS) is 10.5. The van der Waals surface area contributed by atoms with E-state index in [4.69, 9.17) is 10.00 Å². The number of ether oxygens (including phenoxy) is 1. The van der Waals surface area contributed by atoms with E-state index in [0.717, 1.165) is 43.0 Å². The number of benzene rings is 1. The Morgan fingerprint density at radius 1 is 1.09 bits per heavy atom. The maximum absolute atomic E-state index is 9.12. The summed E-state index contributed by atoms with van der Waals surface area (Å²) in [5.41, 5.74) is 2.17. The first-order valence-electron chi connectivity index (χ1n) is 8.38. The smallest absolute Gasteiger partial charge is 0.186 e. The average molecular weight is 312 g/mol. The Labute approximate surface area is 137 Å². The third-order valence-corrected chi connectivity index (χ3v) is 3.70. The number of unbranched alkanes of at least 4 members (excludes halogenated alkanes) is 3. The molecule has 0 bridgehead atoms. The van der Waals surface area contributed by atoms with E-state index < -0.39 is 0 Å². The molecular formula is C18H24N4O. The maximum Gasteiger partial charge on any atom is 0.186 e. The summed E-state index contributed by atoms with van der Waals surface area (Å²) in [6, 6.07) is 9.90. The van der Waals surface area contributed by atoms with E-state index in [2.05, 4.69) is 30.2 Å².